The van der Waals surface area contributed by atoms with Crippen molar-refractivity contribution in [3.8, 4) is 0 Å². The van der Waals surface area contributed by atoms with Gasteiger partial charge < -0.3 is 5.32 Å². The van der Waals surface area contributed by atoms with E-state index in [2.05, 4.69) is 15.4 Å². The highest BCUT2D eigenvalue weighted by molar-refractivity contribution is 7.85. The van der Waals surface area contributed by atoms with E-state index in [9.17, 15) is 9.00 Å². The molecular formula is C12H14N4O2S. The van der Waals surface area contributed by atoms with Gasteiger partial charge >= 0.3 is 0 Å². The first-order valence-corrected chi connectivity index (χ1v) is 7.59. The summed E-state index contributed by atoms with van der Waals surface area (Å²) in [6.45, 7) is 1.87. The van der Waals surface area contributed by atoms with Gasteiger partial charge in [-0.2, -0.15) is 5.10 Å². The molecule has 1 aliphatic heterocycles. The summed E-state index contributed by atoms with van der Waals surface area (Å²) in [5, 5.41) is 7.00. The fourth-order valence-corrected chi connectivity index (χ4v) is 3.57. The molecular weight excluding hydrogens is 264 g/mol. The van der Waals surface area contributed by atoms with Crippen molar-refractivity contribution in [3.63, 3.8) is 0 Å². The molecule has 0 saturated carbocycles. The van der Waals surface area contributed by atoms with Crippen LogP contribution >= 0.6 is 0 Å². The Balaban J connectivity index is 1.85. The summed E-state index contributed by atoms with van der Waals surface area (Å²) in [5.41, 5.74) is 1.85. The average molecular weight is 278 g/mol. The third-order valence-corrected chi connectivity index (χ3v) is 4.63. The zero-order valence-electron chi connectivity index (χ0n) is 10.5. The molecule has 0 spiro atoms. The number of nitrogens with one attached hydrogen (secondary N) is 1. The van der Waals surface area contributed by atoms with Crippen molar-refractivity contribution in [2.45, 2.75) is 19.4 Å². The molecule has 0 bridgehead atoms. The summed E-state index contributed by atoms with van der Waals surface area (Å²) in [6, 6.07) is 1.83. The predicted octanol–water partition coefficient (Wildman–Crippen LogP) is 0.289. The molecule has 19 heavy (non-hydrogen) atoms. The topological polar surface area (TPSA) is 76.4 Å². The van der Waals surface area contributed by atoms with Gasteiger partial charge in [-0.3, -0.25) is 9.00 Å². The van der Waals surface area contributed by atoms with Crippen LogP contribution in [0.3, 0.4) is 0 Å². The monoisotopic (exact) mass is 278 g/mol. The van der Waals surface area contributed by atoms with Crippen molar-refractivity contribution < 1.29 is 9.00 Å². The van der Waals surface area contributed by atoms with Crippen LogP contribution in [0.1, 0.15) is 22.5 Å². The fraction of sp³-hybridized carbons (Fsp3) is 0.417. The van der Waals surface area contributed by atoms with Crippen molar-refractivity contribution in [1.82, 2.24) is 19.9 Å². The van der Waals surface area contributed by atoms with Gasteiger partial charge in [0.25, 0.3) is 5.91 Å². The van der Waals surface area contributed by atoms with Crippen LogP contribution < -0.4 is 5.32 Å². The zero-order chi connectivity index (χ0) is 13.4. The average Bonchev–Trinajstić information content (AvgIpc) is 2.95. The normalized spacial score (nSPS) is 22.8. The fourth-order valence-electron chi connectivity index (χ4n) is 2.16. The molecule has 0 aliphatic carbocycles. The van der Waals surface area contributed by atoms with Crippen molar-refractivity contribution in [3.05, 3.63) is 29.7 Å². The molecule has 1 amide bonds. The Labute approximate surface area is 112 Å². The molecule has 1 saturated heterocycles. The van der Waals surface area contributed by atoms with Crippen molar-refractivity contribution in [2.75, 3.05) is 11.5 Å². The molecule has 3 heterocycles. The van der Waals surface area contributed by atoms with Crippen LogP contribution in [0.4, 0.5) is 0 Å². The Morgan fingerprint density at radius 1 is 1.58 bits per heavy atom. The van der Waals surface area contributed by atoms with Gasteiger partial charge in [0.15, 0.2) is 5.65 Å². The summed E-state index contributed by atoms with van der Waals surface area (Å²) in [5.74, 6) is 1.01. The van der Waals surface area contributed by atoms with Crippen LogP contribution in [0.2, 0.25) is 0 Å². The SMILES string of the molecule is Cc1ccn2ncc(C(=O)NC3CCS(=O)C3)c2n1. The van der Waals surface area contributed by atoms with Gasteiger partial charge in [-0.15, -0.1) is 0 Å². The third-order valence-electron chi connectivity index (χ3n) is 3.17. The van der Waals surface area contributed by atoms with E-state index in [-0.39, 0.29) is 11.9 Å². The van der Waals surface area contributed by atoms with E-state index in [0.29, 0.717) is 22.7 Å². The first-order valence-electron chi connectivity index (χ1n) is 6.10. The number of hydrogen-bond donors (Lipinski definition) is 1. The Morgan fingerprint density at radius 3 is 3.16 bits per heavy atom. The number of rotatable bonds is 2. The summed E-state index contributed by atoms with van der Waals surface area (Å²) < 4.78 is 12.9. The minimum Gasteiger partial charge on any atom is -0.348 e. The highest BCUT2D eigenvalue weighted by Crippen LogP contribution is 2.12. The number of aromatic nitrogens is 3. The van der Waals surface area contributed by atoms with Gasteiger partial charge in [-0.05, 0) is 19.4 Å². The molecule has 2 aromatic rings. The molecule has 0 aromatic carbocycles. The van der Waals surface area contributed by atoms with Gasteiger partial charge in [0.1, 0.15) is 5.56 Å². The lowest BCUT2D eigenvalue weighted by Crippen LogP contribution is -2.35. The second-order valence-electron chi connectivity index (χ2n) is 4.67. The maximum Gasteiger partial charge on any atom is 0.257 e. The predicted molar refractivity (Wildman–Crippen MR) is 71.5 cm³/mol. The maximum absolute atomic E-state index is 12.2. The van der Waals surface area contributed by atoms with E-state index < -0.39 is 10.8 Å². The number of nitrogens with zero attached hydrogens (tertiary/aromatic N) is 3. The summed E-state index contributed by atoms with van der Waals surface area (Å²) in [6.07, 6.45) is 4.06. The second kappa shape index (κ2) is 4.73. The van der Waals surface area contributed by atoms with E-state index in [4.69, 9.17) is 0 Å². The van der Waals surface area contributed by atoms with E-state index in [0.717, 1.165) is 12.1 Å². The van der Waals surface area contributed by atoms with Crippen LogP contribution in [0, 0.1) is 6.92 Å². The lowest BCUT2D eigenvalue weighted by atomic mass is 10.2. The lowest BCUT2D eigenvalue weighted by molar-refractivity contribution is 0.0942. The summed E-state index contributed by atoms with van der Waals surface area (Å²) in [4.78, 5) is 16.5. The van der Waals surface area contributed by atoms with Crippen LogP contribution in [-0.2, 0) is 10.8 Å². The van der Waals surface area contributed by atoms with Crippen molar-refractivity contribution in [2.24, 2.45) is 0 Å². The Morgan fingerprint density at radius 2 is 2.42 bits per heavy atom. The number of carbonyl (C=O) groups is 1. The highest BCUT2D eigenvalue weighted by atomic mass is 32.2. The molecule has 2 aromatic heterocycles. The minimum absolute atomic E-state index is 0.00640. The van der Waals surface area contributed by atoms with Gasteiger partial charge in [-0.1, -0.05) is 0 Å². The first-order chi connectivity index (χ1) is 9.13. The zero-order valence-corrected chi connectivity index (χ0v) is 11.3. The van der Waals surface area contributed by atoms with Gasteiger partial charge in [0.05, 0.1) is 6.20 Å². The Kier molecular flexibility index (Phi) is 3.06. The van der Waals surface area contributed by atoms with Gasteiger partial charge in [0, 0.05) is 40.2 Å². The van der Waals surface area contributed by atoms with Crippen molar-refractivity contribution >= 4 is 22.4 Å². The second-order valence-corrected chi connectivity index (χ2v) is 6.29. The minimum atomic E-state index is -0.798. The van der Waals surface area contributed by atoms with Gasteiger partial charge in [-0.25, -0.2) is 9.50 Å². The molecule has 7 heteroatoms. The number of amides is 1. The molecule has 1 fully saturated rings. The van der Waals surface area contributed by atoms with E-state index in [1.165, 1.54) is 6.20 Å². The highest BCUT2D eigenvalue weighted by Gasteiger charge is 2.24. The van der Waals surface area contributed by atoms with Crippen LogP contribution in [0.15, 0.2) is 18.5 Å². The summed E-state index contributed by atoms with van der Waals surface area (Å²) in [7, 11) is -0.798. The third kappa shape index (κ3) is 2.37. The molecule has 1 N–H and O–H groups in total. The summed E-state index contributed by atoms with van der Waals surface area (Å²) >= 11 is 0. The van der Waals surface area contributed by atoms with Gasteiger partial charge in [0.2, 0.25) is 0 Å². The number of aryl methyl sites for hydroxylation is 1. The molecule has 0 radical (unpaired) electrons. The van der Waals surface area contributed by atoms with E-state index >= 15 is 0 Å². The molecule has 3 rings (SSSR count). The van der Waals surface area contributed by atoms with E-state index in [1.807, 2.05) is 13.0 Å². The van der Waals surface area contributed by atoms with Crippen LogP contribution in [0.5, 0.6) is 0 Å². The quantitative estimate of drug-likeness (QED) is 0.856. The molecule has 2 atom stereocenters. The maximum atomic E-state index is 12.2. The molecule has 2 unspecified atom stereocenters. The largest absolute Gasteiger partial charge is 0.348 e. The molecule has 100 valence electrons. The standard InChI is InChI=1S/C12H14N4O2S/c1-8-2-4-16-11(14-8)10(6-13-16)12(17)15-9-3-5-19(18)7-9/h2,4,6,9H,3,5,7H2,1H3,(H,15,17). The van der Waals surface area contributed by atoms with Crippen molar-refractivity contribution in [1.29, 1.82) is 0 Å². The lowest BCUT2D eigenvalue weighted by Gasteiger charge is -2.09. The van der Waals surface area contributed by atoms with E-state index in [1.54, 1.807) is 10.7 Å². The first kappa shape index (κ1) is 12.3. The smallest absolute Gasteiger partial charge is 0.257 e. The Bertz CT molecular complexity index is 667. The Hall–Kier alpha value is -1.76. The number of carbonyl (C=O) groups excluding carboxylic acids is 1. The number of hydrogen-bond acceptors (Lipinski definition) is 4. The molecule has 6 nitrogen and oxygen atoms in total. The van der Waals surface area contributed by atoms with Crippen LogP contribution in [-0.4, -0.2) is 42.3 Å². The van der Waals surface area contributed by atoms with Crippen LogP contribution in [0.25, 0.3) is 5.65 Å². The number of fused-ring (bicyclic) bond motifs is 1. The molecule has 1 aliphatic rings.